The van der Waals surface area contributed by atoms with Crippen molar-refractivity contribution in [2.45, 2.75) is 0 Å². The molecular weight excluding hydrogens is 287 g/mol. The lowest BCUT2D eigenvalue weighted by molar-refractivity contribution is 0.480. The van der Waals surface area contributed by atoms with E-state index in [1.807, 2.05) is 48.7 Å². The molecule has 4 rings (SSSR count). The molecule has 0 saturated heterocycles. The molecular formula is C18H14AlN2O. The summed E-state index contributed by atoms with van der Waals surface area (Å²) in [5, 5.41) is 11.5. The molecule has 0 spiro atoms. The highest BCUT2D eigenvalue weighted by atomic mass is 27.0. The van der Waals surface area contributed by atoms with Gasteiger partial charge >= 0.3 is 0 Å². The Bertz CT molecular complexity index is 810. The molecule has 105 valence electrons. The highest BCUT2D eigenvalue weighted by molar-refractivity contribution is 5.83. The summed E-state index contributed by atoms with van der Waals surface area (Å²) in [5.41, 5.74) is 1.72. The number of phenolic OH excluding ortho intramolecular Hbond substituents is 1. The van der Waals surface area contributed by atoms with Crippen LogP contribution in [-0.2, 0) is 0 Å². The van der Waals surface area contributed by atoms with E-state index in [0.29, 0.717) is 5.52 Å². The fourth-order valence-corrected chi connectivity index (χ4v) is 2.10. The summed E-state index contributed by atoms with van der Waals surface area (Å²) >= 11 is 0. The van der Waals surface area contributed by atoms with Crippen LogP contribution in [0.25, 0.3) is 21.8 Å². The molecule has 2 aromatic carbocycles. The molecule has 0 aliphatic heterocycles. The lowest BCUT2D eigenvalue weighted by Gasteiger charge is -1.96. The largest absolute Gasteiger partial charge is 0.506 e. The maximum atomic E-state index is 9.31. The zero-order valence-electron chi connectivity index (χ0n) is 11.9. The number of hydrogen-bond donors (Lipinski definition) is 1. The van der Waals surface area contributed by atoms with E-state index < -0.39 is 0 Å². The van der Waals surface area contributed by atoms with E-state index in [-0.39, 0.29) is 23.1 Å². The van der Waals surface area contributed by atoms with Gasteiger partial charge in [-0.3, -0.25) is 9.97 Å². The number of fused-ring (bicyclic) bond motifs is 2. The molecule has 0 atom stereocenters. The molecule has 0 bridgehead atoms. The van der Waals surface area contributed by atoms with E-state index in [1.165, 1.54) is 5.39 Å². The van der Waals surface area contributed by atoms with Gasteiger partial charge in [0.2, 0.25) is 0 Å². The van der Waals surface area contributed by atoms with E-state index in [9.17, 15) is 5.11 Å². The van der Waals surface area contributed by atoms with Crippen molar-refractivity contribution < 1.29 is 5.11 Å². The van der Waals surface area contributed by atoms with Crippen LogP contribution in [0.1, 0.15) is 0 Å². The molecule has 0 fully saturated rings. The molecule has 0 unspecified atom stereocenters. The van der Waals surface area contributed by atoms with Crippen molar-refractivity contribution >= 4 is 39.2 Å². The van der Waals surface area contributed by atoms with Crippen LogP contribution in [0, 0.1) is 0 Å². The summed E-state index contributed by atoms with van der Waals surface area (Å²) in [6.45, 7) is 0. The summed E-state index contributed by atoms with van der Waals surface area (Å²) in [6, 6.07) is 21.2. The second-order valence-corrected chi connectivity index (χ2v) is 4.55. The van der Waals surface area contributed by atoms with Gasteiger partial charge in [0.15, 0.2) is 0 Å². The number of hydrogen-bond acceptors (Lipinski definition) is 3. The number of aromatic nitrogens is 2. The third kappa shape index (κ3) is 3.62. The van der Waals surface area contributed by atoms with E-state index in [4.69, 9.17) is 0 Å². The maximum Gasteiger partial charge on any atom is 0.141 e. The van der Waals surface area contributed by atoms with Gasteiger partial charge in [-0.15, -0.1) is 0 Å². The minimum Gasteiger partial charge on any atom is -0.506 e. The summed E-state index contributed by atoms with van der Waals surface area (Å²) in [6.07, 6.45) is 3.48. The summed E-state index contributed by atoms with van der Waals surface area (Å²) < 4.78 is 0. The Morgan fingerprint density at radius 3 is 2.05 bits per heavy atom. The number of aromatic hydroxyl groups is 1. The molecule has 0 aliphatic rings. The zero-order valence-corrected chi connectivity index (χ0v) is 13.1. The fourth-order valence-electron chi connectivity index (χ4n) is 2.10. The number of phenols is 1. The monoisotopic (exact) mass is 301 g/mol. The van der Waals surface area contributed by atoms with Crippen molar-refractivity contribution in [2.24, 2.45) is 0 Å². The summed E-state index contributed by atoms with van der Waals surface area (Å²) in [4.78, 5) is 8.21. The topological polar surface area (TPSA) is 46.0 Å². The summed E-state index contributed by atoms with van der Waals surface area (Å²) in [5.74, 6) is 0.239. The Balaban J connectivity index is 0.000000154. The molecule has 4 aromatic rings. The molecule has 0 aliphatic carbocycles. The van der Waals surface area contributed by atoms with Gasteiger partial charge in [0, 0.05) is 40.5 Å². The summed E-state index contributed by atoms with van der Waals surface area (Å²) in [7, 11) is 0. The Morgan fingerprint density at radius 1 is 0.636 bits per heavy atom. The minimum atomic E-state index is 0. The Hall–Kier alpha value is -2.41. The molecule has 2 heterocycles. The van der Waals surface area contributed by atoms with Crippen LogP contribution in [0.5, 0.6) is 5.75 Å². The smallest absolute Gasteiger partial charge is 0.141 e. The first kappa shape index (κ1) is 16.0. The normalized spacial score (nSPS) is 9.64. The lowest BCUT2D eigenvalue weighted by Crippen LogP contribution is -1.76. The Kier molecular flexibility index (Phi) is 5.49. The van der Waals surface area contributed by atoms with Crippen LogP contribution in [0.3, 0.4) is 0 Å². The maximum absolute atomic E-state index is 9.31. The van der Waals surface area contributed by atoms with Gasteiger partial charge in [0.25, 0.3) is 0 Å². The molecule has 3 radical (unpaired) electrons. The number of benzene rings is 2. The predicted octanol–water partition coefficient (Wildman–Crippen LogP) is 3.79. The number of para-hydroxylation sites is 2. The molecule has 2 aromatic heterocycles. The number of pyridine rings is 2. The van der Waals surface area contributed by atoms with Crippen LogP contribution < -0.4 is 0 Å². The quantitative estimate of drug-likeness (QED) is 0.503. The van der Waals surface area contributed by atoms with E-state index >= 15 is 0 Å². The van der Waals surface area contributed by atoms with Crippen LogP contribution in [-0.4, -0.2) is 32.4 Å². The molecule has 0 saturated carbocycles. The van der Waals surface area contributed by atoms with Crippen LogP contribution in [0.2, 0.25) is 0 Å². The van der Waals surface area contributed by atoms with Crippen LogP contribution in [0.4, 0.5) is 0 Å². The first-order valence-electron chi connectivity index (χ1n) is 6.67. The SMILES string of the molecule is Oc1cccc2cccnc12.[Al].c1ccc2ncccc2c1. The van der Waals surface area contributed by atoms with E-state index in [1.54, 1.807) is 18.3 Å². The molecule has 3 nitrogen and oxygen atoms in total. The van der Waals surface area contributed by atoms with Gasteiger partial charge in [-0.2, -0.15) is 0 Å². The Labute approximate surface area is 139 Å². The highest BCUT2D eigenvalue weighted by Crippen LogP contribution is 2.20. The predicted molar refractivity (Wildman–Crippen MR) is 90.9 cm³/mol. The highest BCUT2D eigenvalue weighted by Gasteiger charge is 1.96. The lowest BCUT2D eigenvalue weighted by atomic mass is 10.2. The van der Waals surface area contributed by atoms with Gasteiger partial charge in [0.1, 0.15) is 11.3 Å². The van der Waals surface area contributed by atoms with Crippen molar-refractivity contribution in [1.82, 2.24) is 9.97 Å². The average Bonchev–Trinajstić information content (AvgIpc) is 2.56. The number of nitrogens with zero attached hydrogens (tertiary/aromatic N) is 2. The second kappa shape index (κ2) is 7.56. The van der Waals surface area contributed by atoms with E-state index in [0.717, 1.165) is 10.9 Å². The second-order valence-electron chi connectivity index (χ2n) is 4.55. The number of rotatable bonds is 0. The van der Waals surface area contributed by atoms with Gasteiger partial charge in [-0.25, -0.2) is 0 Å². The third-order valence-corrected chi connectivity index (χ3v) is 3.12. The van der Waals surface area contributed by atoms with Crippen molar-refractivity contribution in [3.05, 3.63) is 79.1 Å². The molecule has 4 heteroatoms. The van der Waals surface area contributed by atoms with Gasteiger partial charge in [0.05, 0.1) is 5.52 Å². The van der Waals surface area contributed by atoms with Crippen LogP contribution >= 0.6 is 0 Å². The molecule has 22 heavy (non-hydrogen) atoms. The minimum absolute atomic E-state index is 0. The van der Waals surface area contributed by atoms with Crippen molar-refractivity contribution in [3.63, 3.8) is 0 Å². The third-order valence-electron chi connectivity index (χ3n) is 3.12. The zero-order chi connectivity index (χ0) is 14.5. The average molecular weight is 301 g/mol. The Morgan fingerprint density at radius 2 is 1.27 bits per heavy atom. The first-order valence-corrected chi connectivity index (χ1v) is 6.67. The van der Waals surface area contributed by atoms with Crippen molar-refractivity contribution in [2.75, 3.05) is 0 Å². The van der Waals surface area contributed by atoms with Crippen molar-refractivity contribution in [1.29, 1.82) is 0 Å². The first-order chi connectivity index (χ1) is 10.3. The van der Waals surface area contributed by atoms with Gasteiger partial charge in [-0.1, -0.05) is 42.5 Å². The fraction of sp³-hybridized carbons (Fsp3) is 0. The van der Waals surface area contributed by atoms with E-state index in [2.05, 4.69) is 22.1 Å². The van der Waals surface area contributed by atoms with Gasteiger partial charge < -0.3 is 5.11 Å². The molecule has 0 amide bonds. The van der Waals surface area contributed by atoms with Crippen LogP contribution in [0.15, 0.2) is 79.1 Å². The van der Waals surface area contributed by atoms with Crippen molar-refractivity contribution in [3.8, 4) is 5.75 Å². The standard InChI is InChI=1S/C9H7NO.C9H7N.Al/c11-8-5-1-3-7-4-2-6-10-9(7)8;1-2-6-9-8(4-1)5-3-7-10-9;/h1-6,11H;1-7H;. The van der Waals surface area contributed by atoms with Gasteiger partial charge in [-0.05, 0) is 24.3 Å². The molecule has 1 N–H and O–H groups in total.